The maximum Gasteiger partial charge on any atom is 0.187 e. The van der Waals surface area contributed by atoms with Crippen molar-refractivity contribution in [3.63, 3.8) is 0 Å². The Hall–Kier alpha value is -3.00. The summed E-state index contributed by atoms with van der Waals surface area (Å²) in [6.45, 7) is 14.9. The van der Waals surface area contributed by atoms with Gasteiger partial charge in [-0.25, -0.2) is 9.97 Å². The van der Waals surface area contributed by atoms with Crippen molar-refractivity contribution in [2.45, 2.75) is 59.8 Å². The van der Waals surface area contributed by atoms with Crippen molar-refractivity contribution in [2.75, 3.05) is 25.1 Å². The Morgan fingerprint density at radius 2 is 1.97 bits per heavy atom. The van der Waals surface area contributed by atoms with Gasteiger partial charge in [0.1, 0.15) is 5.75 Å². The van der Waals surface area contributed by atoms with E-state index in [2.05, 4.69) is 52.5 Å². The van der Waals surface area contributed by atoms with Crippen LogP contribution in [0.1, 0.15) is 63.6 Å². The zero-order valence-electron chi connectivity index (χ0n) is 21.2. The smallest absolute Gasteiger partial charge is 0.187 e. The first-order chi connectivity index (χ1) is 16.2. The van der Waals surface area contributed by atoms with E-state index in [1.807, 2.05) is 24.4 Å². The number of hydrogen-bond donors (Lipinski definition) is 0. The average molecular weight is 479 g/mol. The fraction of sp³-hybridized carbons (Fsp3) is 0.462. The number of anilines is 1. The highest BCUT2D eigenvalue weighted by atomic mass is 32.1. The normalized spacial score (nSPS) is 12.6. The van der Waals surface area contributed by atoms with Crippen molar-refractivity contribution in [3.05, 3.63) is 45.7 Å². The predicted molar refractivity (Wildman–Crippen MR) is 140 cm³/mol. The summed E-state index contributed by atoms with van der Waals surface area (Å²) >= 11 is 1.71. The Morgan fingerprint density at radius 1 is 1.18 bits per heavy atom. The molecule has 1 aromatic carbocycles. The van der Waals surface area contributed by atoms with Gasteiger partial charge in [0, 0.05) is 34.8 Å². The lowest BCUT2D eigenvalue weighted by atomic mass is 9.91. The Kier molecular flexibility index (Phi) is 6.89. The minimum Gasteiger partial charge on any atom is -0.496 e. The number of ether oxygens (including phenoxy) is 1. The molecule has 4 aromatic rings. The molecule has 0 atom stereocenters. The molecule has 4 rings (SSSR count). The van der Waals surface area contributed by atoms with Gasteiger partial charge in [-0.05, 0) is 38.5 Å². The summed E-state index contributed by atoms with van der Waals surface area (Å²) in [5.74, 6) is 1.36. The summed E-state index contributed by atoms with van der Waals surface area (Å²) in [6, 6.07) is 6.02. The van der Waals surface area contributed by atoms with E-state index in [4.69, 9.17) is 24.9 Å². The van der Waals surface area contributed by atoms with E-state index in [-0.39, 0.29) is 5.41 Å². The maximum atomic E-state index is 5.57. The lowest BCUT2D eigenvalue weighted by molar-refractivity contribution is 0.416. The van der Waals surface area contributed by atoms with E-state index in [0.717, 1.165) is 56.5 Å². The third-order valence-corrected chi connectivity index (χ3v) is 6.82. The van der Waals surface area contributed by atoms with Gasteiger partial charge >= 0.3 is 0 Å². The zero-order valence-corrected chi connectivity index (χ0v) is 22.0. The first-order valence-corrected chi connectivity index (χ1v) is 12.7. The van der Waals surface area contributed by atoms with E-state index in [1.165, 1.54) is 12.8 Å². The molecule has 0 aliphatic heterocycles. The van der Waals surface area contributed by atoms with Gasteiger partial charge in [0.05, 0.1) is 18.4 Å². The molecule has 0 aliphatic rings. The summed E-state index contributed by atoms with van der Waals surface area (Å²) in [5, 5.41) is 11.6. The highest BCUT2D eigenvalue weighted by Crippen LogP contribution is 2.29. The van der Waals surface area contributed by atoms with Crippen LogP contribution in [-0.4, -0.2) is 45.0 Å². The molecule has 3 heterocycles. The van der Waals surface area contributed by atoms with Crippen LogP contribution in [0.4, 0.5) is 5.13 Å². The molecule has 34 heavy (non-hydrogen) atoms. The van der Waals surface area contributed by atoms with Gasteiger partial charge in [-0.1, -0.05) is 57.1 Å². The van der Waals surface area contributed by atoms with Crippen LogP contribution in [0.15, 0.2) is 24.4 Å². The van der Waals surface area contributed by atoms with Gasteiger partial charge in [0.2, 0.25) is 0 Å². The monoisotopic (exact) mass is 478 g/mol. The standard InChI is InChI=1S/C26H34N6OS/c1-8-10-13-31(9-2)25-27-16-18(34-25)15-20-22(26(4,5)6)29-32-24(20)28-23(30-32)19-14-17(3)11-12-21(19)33-7/h11-12,14-16H,8-10,13H2,1-7H3/b20-15-. The molecule has 0 radical (unpaired) electrons. The molecule has 0 spiro atoms. The number of methoxy groups -OCH3 is 1. The first-order valence-electron chi connectivity index (χ1n) is 11.9. The van der Waals surface area contributed by atoms with Gasteiger partial charge in [0.15, 0.2) is 16.6 Å². The number of hydrogen-bond acceptors (Lipinski definition) is 7. The fourth-order valence-corrected chi connectivity index (χ4v) is 4.91. The molecule has 0 fully saturated rings. The molecule has 0 aliphatic carbocycles. The van der Waals surface area contributed by atoms with E-state index in [9.17, 15) is 0 Å². The number of nitrogens with zero attached hydrogens (tertiary/aromatic N) is 6. The molecule has 7 nitrogen and oxygen atoms in total. The van der Waals surface area contributed by atoms with Crippen molar-refractivity contribution in [3.8, 4) is 17.1 Å². The predicted octanol–water partition coefficient (Wildman–Crippen LogP) is 5.04. The summed E-state index contributed by atoms with van der Waals surface area (Å²) in [4.78, 5) is 13.1. The number of thiazole rings is 1. The van der Waals surface area contributed by atoms with E-state index in [1.54, 1.807) is 23.1 Å². The number of rotatable bonds is 8. The highest BCUT2D eigenvalue weighted by Gasteiger charge is 2.24. The first kappa shape index (κ1) is 24.1. The van der Waals surface area contributed by atoms with E-state index >= 15 is 0 Å². The Bertz CT molecular complexity index is 1330. The second kappa shape index (κ2) is 9.70. The molecule has 0 saturated heterocycles. The largest absolute Gasteiger partial charge is 0.496 e. The number of benzene rings is 1. The van der Waals surface area contributed by atoms with Crippen LogP contribution in [-0.2, 0) is 5.41 Å². The van der Waals surface area contributed by atoms with Crippen LogP contribution in [0.3, 0.4) is 0 Å². The zero-order chi connectivity index (χ0) is 24.5. The highest BCUT2D eigenvalue weighted by molar-refractivity contribution is 7.16. The Morgan fingerprint density at radius 3 is 2.65 bits per heavy atom. The third-order valence-electron chi connectivity index (χ3n) is 5.82. The van der Waals surface area contributed by atoms with Crippen molar-refractivity contribution in [2.24, 2.45) is 0 Å². The molecule has 0 bridgehead atoms. The molecular formula is C26H34N6OS. The minimum absolute atomic E-state index is 0.153. The number of aromatic nitrogens is 5. The lowest BCUT2D eigenvalue weighted by Crippen LogP contribution is -2.23. The van der Waals surface area contributed by atoms with E-state index < -0.39 is 0 Å². The van der Waals surface area contributed by atoms with Crippen LogP contribution < -0.4 is 14.9 Å². The van der Waals surface area contributed by atoms with Crippen LogP contribution in [0.2, 0.25) is 0 Å². The second-order valence-corrected chi connectivity index (χ2v) is 10.6. The van der Waals surface area contributed by atoms with Crippen LogP contribution in [0.5, 0.6) is 5.75 Å². The van der Waals surface area contributed by atoms with Crippen LogP contribution >= 0.6 is 11.3 Å². The van der Waals surface area contributed by atoms with Gasteiger partial charge in [-0.3, -0.25) is 0 Å². The van der Waals surface area contributed by atoms with Gasteiger partial charge in [0.25, 0.3) is 0 Å². The molecule has 0 saturated carbocycles. The summed E-state index contributed by atoms with van der Waals surface area (Å²) in [5.41, 5.74) is 3.56. The van der Waals surface area contributed by atoms with Crippen molar-refractivity contribution in [1.29, 1.82) is 0 Å². The maximum absolute atomic E-state index is 5.57. The van der Waals surface area contributed by atoms with Crippen molar-refractivity contribution < 1.29 is 4.74 Å². The Labute approximate surface area is 205 Å². The molecule has 180 valence electrons. The van der Waals surface area contributed by atoms with Crippen LogP contribution in [0, 0.1) is 6.92 Å². The molecule has 0 unspecified atom stereocenters. The fourth-order valence-electron chi connectivity index (χ4n) is 3.96. The number of unbranched alkanes of at least 4 members (excludes halogenated alkanes) is 1. The summed E-state index contributed by atoms with van der Waals surface area (Å²) in [7, 11) is 1.67. The minimum atomic E-state index is -0.153. The third kappa shape index (κ3) is 4.78. The van der Waals surface area contributed by atoms with Crippen LogP contribution in [0.25, 0.3) is 23.1 Å². The molecule has 8 heteroatoms. The molecule has 0 amide bonds. The van der Waals surface area contributed by atoms with Crippen molar-refractivity contribution >= 4 is 28.2 Å². The summed E-state index contributed by atoms with van der Waals surface area (Å²) < 4.78 is 7.22. The van der Waals surface area contributed by atoms with Gasteiger partial charge in [-0.2, -0.15) is 5.10 Å². The summed E-state index contributed by atoms with van der Waals surface area (Å²) in [6.07, 6.45) is 6.45. The molecular weight excluding hydrogens is 444 g/mol. The topological polar surface area (TPSA) is 68.4 Å². The average Bonchev–Trinajstić information content (AvgIpc) is 3.50. The van der Waals surface area contributed by atoms with Gasteiger partial charge < -0.3 is 9.64 Å². The SMILES string of the molecule is CCCCN(CC)c1ncc(/C=c2/c(C(C)(C)C)nn3nc(-c4cc(C)ccc4OC)nc23)s1. The van der Waals surface area contributed by atoms with Crippen molar-refractivity contribution in [1.82, 2.24) is 24.8 Å². The number of aryl methyl sites for hydroxylation is 1. The van der Waals surface area contributed by atoms with E-state index in [0.29, 0.717) is 5.82 Å². The number of fused-ring (bicyclic) bond motifs is 1. The lowest BCUT2D eigenvalue weighted by Gasteiger charge is -2.18. The van der Waals surface area contributed by atoms with Gasteiger partial charge in [-0.15, -0.1) is 9.73 Å². The molecule has 0 N–H and O–H groups in total. The molecule has 3 aromatic heterocycles. The Balaban J connectivity index is 1.83. The second-order valence-electron chi connectivity index (χ2n) is 9.59. The quantitative estimate of drug-likeness (QED) is 0.354.